The molecule has 8 heteroatoms. The molecule has 0 saturated heterocycles. The number of nitrogens with zero attached hydrogens (tertiary/aromatic N) is 1. The van der Waals surface area contributed by atoms with Gasteiger partial charge < -0.3 is 15.2 Å². The van der Waals surface area contributed by atoms with Crippen molar-refractivity contribution in [3.8, 4) is 11.8 Å². The highest BCUT2D eigenvalue weighted by Gasteiger charge is 2.33. The van der Waals surface area contributed by atoms with Gasteiger partial charge in [0.2, 0.25) is 0 Å². The van der Waals surface area contributed by atoms with Crippen LogP contribution in [0.4, 0.5) is 13.2 Å². The van der Waals surface area contributed by atoms with E-state index in [4.69, 9.17) is 11.0 Å². The second-order valence-corrected chi connectivity index (χ2v) is 3.92. The number of alkyl halides is 3. The number of hydrogen-bond acceptors (Lipinski definition) is 5. The molecule has 0 aromatic heterocycles. The maximum Gasteiger partial charge on any atom is 0.573 e. The molecule has 21 heavy (non-hydrogen) atoms. The lowest BCUT2D eigenvalue weighted by Gasteiger charge is -2.16. The number of hydrogen-bond donors (Lipinski definition) is 1. The van der Waals surface area contributed by atoms with Crippen LogP contribution in [0.5, 0.6) is 5.75 Å². The fourth-order valence-electron chi connectivity index (χ4n) is 1.74. The van der Waals surface area contributed by atoms with Gasteiger partial charge in [0.05, 0.1) is 24.7 Å². The number of halogens is 3. The molecule has 2 N–H and O–H groups in total. The molecule has 0 bridgehead atoms. The molecule has 1 aromatic carbocycles. The van der Waals surface area contributed by atoms with Gasteiger partial charge >= 0.3 is 12.3 Å². The summed E-state index contributed by atoms with van der Waals surface area (Å²) in [5.74, 6) is -1.36. The summed E-state index contributed by atoms with van der Waals surface area (Å²) >= 11 is 0. The normalized spacial score (nSPS) is 10.9. The third-order valence-corrected chi connectivity index (χ3v) is 2.54. The smallest absolute Gasteiger partial charge is 0.466 e. The Hall–Kier alpha value is -2.27. The molecule has 0 radical (unpaired) electrons. The van der Waals surface area contributed by atoms with Gasteiger partial charge in [-0.05, 0) is 18.6 Å². The largest absolute Gasteiger partial charge is 0.573 e. The van der Waals surface area contributed by atoms with Crippen LogP contribution in [0.2, 0.25) is 0 Å². The lowest BCUT2D eigenvalue weighted by Crippen LogP contribution is -2.20. The molecule has 0 aliphatic carbocycles. The molecule has 114 valence electrons. The van der Waals surface area contributed by atoms with E-state index in [0.717, 1.165) is 6.07 Å². The molecular weight excluding hydrogens is 289 g/mol. The second-order valence-electron chi connectivity index (χ2n) is 3.92. The standard InChI is InChI=1S/C13H13F3N2O3/c1-2-20-12(19)5-9-10(7-18)8(6-17)3-4-11(9)21-13(14,15)16/h3-4H,2,5-6,17H2,1H3. The Morgan fingerprint density at radius 1 is 1.43 bits per heavy atom. The van der Waals surface area contributed by atoms with Gasteiger partial charge in [-0.25, -0.2) is 0 Å². The average molecular weight is 302 g/mol. The van der Waals surface area contributed by atoms with Crippen LogP contribution in [-0.2, 0) is 22.5 Å². The molecular formula is C13H13F3N2O3. The minimum absolute atomic E-state index is 0.0506. The van der Waals surface area contributed by atoms with Gasteiger partial charge in [-0.1, -0.05) is 6.07 Å². The van der Waals surface area contributed by atoms with Crippen molar-refractivity contribution in [3.05, 3.63) is 28.8 Å². The van der Waals surface area contributed by atoms with E-state index in [1.165, 1.54) is 6.07 Å². The molecule has 0 aliphatic heterocycles. The molecule has 1 rings (SSSR count). The molecule has 0 fully saturated rings. The molecule has 0 heterocycles. The van der Waals surface area contributed by atoms with Crippen molar-refractivity contribution in [1.29, 1.82) is 5.26 Å². The molecule has 0 atom stereocenters. The SMILES string of the molecule is CCOC(=O)Cc1c(OC(F)(F)F)ccc(CN)c1C#N. The van der Waals surface area contributed by atoms with Crippen molar-refractivity contribution < 1.29 is 27.4 Å². The molecule has 0 saturated carbocycles. The fourth-order valence-corrected chi connectivity index (χ4v) is 1.74. The molecule has 0 spiro atoms. The molecule has 0 unspecified atom stereocenters. The van der Waals surface area contributed by atoms with Gasteiger partial charge in [0.25, 0.3) is 0 Å². The van der Waals surface area contributed by atoms with Gasteiger partial charge in [0.15, 0.2) is 0 Å². The average Bonchev–Trinajstić information content (AvgIpc) is 2.39. The predicted octanol–water partition coefficient (Wildman–Crippen LogP) is 2.02. The summed E-state index contributed by atoms with van der Waals surface area (Å²) in [6.45, 7) is 1.59. The predicted molar refractivity (Wildman–Crippen MR) is 66.1 cm³/mol. The first-order valence-corrected chi connectivity index (χ1v) is 5.98. The Morgan fingerprint density at radius 2 is 2.10 bits per heavy atom. The summed E-state index contributed by atoms with van der Waals surface area (Å²) < 4.78 is 45.7. The topological polar surface area (TPSA) is 85.3 Å². The first kappa shape index (κ1) is 16.8. The summed E-state index contributed by atoms with van der Waals surface area (Å²) in [5.41, 5.74) is 5.47. The van der Waals surface area contributed by atoms with Gasteiger partial charge in [-0.3, -0.25) is 4.79 Å². The van der Waals surface area contributed by atoms with Crippen molar-refractivity contribution in [2.45, 2.75) is 26.3 Å². The number of nitrogens with two attached hydrogens (primary N) is 1. The molecule has 0 amide bonds. The molecule has 5 nitrogen and oxygen atoms in total. The molecule has 0 aliphatic rings. The summed E-state index contributed by atoms with van der Waals surface area (Å²) in [6, 6.07) is 4.04. The zero-order chi connectivity index (χ0) is 16.0. The van der Waals surface area contributed by atoms with Crippen LogP contribution in [0, 0.1) is 11.3 Å². The maximum absolute atomic E-state index is 12.4. The van der Waals surface area contributed by atoms with E-state index >= 15 is 0 Å². The Bertz CT molecular complexity index is 565. The van der Waals surface area contributed by atoms with Gasteiger partial charge in [-0.15, -0.1) is 13.2 Å². The first-order chi connectivity index (χ1) is 9.82. The second kappa shape index (κ2) is 6.95. The highest BCUT2D eigenvalue weighted by atomic mass is 19.4. The zero-order valence-corrected chi connectivity index (χ0v) is 11.2. The Labute approximate surface area is 119 Å². The van der Waals surface area contributed by atoms with Crippen LogP contribution in [0.1, 0.15) is 23.6 Å². The van der Waals surface area contributed by atoms with E-state index in [9.17, 15) is 18.0 Å². The Morgan fingerprint density at radius 3 is 2.57 bits per heavy atom. The number of nitriles is 1. The van der Waals surface area contributed by atoms with E-state index in [1.54, 1.807) is 13.0 Å². The third kappa shape index (κ3) is 4.65. The van der Waals surface area contributed by atoms with E-state index in [-0.39, 0.29) is 24.3 Å². The first-order valence-electron chi connectivity index (χ1n) is 5.98. The van der Waals surface area contributed by atoms with Crippen LogP contribution in [0.3, 0.4) is 0 Å². The highest BCUT2D eigenvalue weighted by molar-refractivity contribution is 5.75. The van der Waals surface area contributed by atoms with Crippen molar-refractivity contribution in [1.82, 2.24) is 0 Å². The van der Waals surface area contributed by atoms with Crippen LogP contribution in [0.25, 0.3) is 0 Å². The highest BCUT2D eigenvalue weighted by Crippen LogP contribution is 2.31. The number of carbonyl (C=O) groups is 1. The van der Waals surface area contributed by atoms with Crippen LogP contribution in [0.15, 0.2) is 12.1 Å². The molecule has 1 aromatic rings. The van der Waals surface area contributed by atoms with Crippen molar-refractivity contribution >= 4 is 5.97 Å². The van der Waals surface area contributed by atoms with Crippen LogP contribution in [-0.4, -0.2) is 18.9 Å². The van der Waals surface area contributed by atoms with Gasteiger partial charge in [0.1, 0.15) is 5.75 Å². The fraction of sp³-hybridized carbons (Fsp3) is 0.385. The summed E-state index contributed by atoms with van der Waals surface area (Å²) in [5, 5.41) is 9.10. The zero-order valence-electron chi connectivity index (χ0n) is 11.2. The van der Waals surface area contributed by atoms with Crippen molar-refractivity contribution in [3.63, 3.8) is 0 Å². The van der Waals surface area contributed by atoms with Crippen LogP contribution < -0.4 is 10.5 Å². The Balaban J connectivity index is 3.30. The van der Waals surface area contributed by atoms with Gasteiger partial charge in [-0.2, -0.15) is 5.26 Å². The number of esters is 1. The summed E-state index contributed by atoms with van der Waals surface area (Å²) in [4.78, 5) is 11.5. The van der Waals surface area contributed by atoms with E-state index < -0.39 is 24.5 Å². The lowest BCUT2D eigenvalue weighted by molar-refractivity contribution is -0.275. The third-order valence-electron chi connectivity index (χ3n) is 2.54. The quantitative estimate of drug-likeness (QED) is 0.841. The van der Waals surface area contributed by atoms with Crippen molar-refractivity contribution in [2.24, 2.45) is 5.73 Å². The number of benzene rings is 1. The Kier molecular flexibility index (Phi) is 5.55. The minimum atomic E-state index is -4.93. The maximum atomic E-state index is 12.4. The van der Waals surface area contributed by atoms with Crippen LogP contribution >= 0.6 is 0 Å². The van der Waals surface area contributed by atoms with E-state index in [1.807, 2.05) is 0 Å². The minimum Gasteiger partial charge on any atom is -0.466 e. The monoisotopic (exact) mass is 302 g/mol. The number of ether oxygens (including phenoxy) is 2. The van der Waals surface area contributed by atoms with Gasteiger partial charge in [0, 0.05) is 12.1 Å². The van der Waals surface area contributed by atoms with E-state index in [2.05, 4.69) is 9.47 Å². The van der Waals surface area contributed by atoms with E-state index in [0.29, 0.717) is 5.56 Å². The summed E-state index contributed by atoms with van der Waals surface area (Å²) in [7, 11) is 0. The van der Waals surface area contributed by atoms with Crippen molar-refractivity contribution in [2.75, 3.05) is 6.61 Å². The lowest BCUT2D eigenvalue weighted by atomic mass is 9.98. The summed E-state index contributed by atoms with van der Waals surface area (Å²) in [6.07, 6.45) is -5.43. The number of carbonyl (C=O) groups excluding carboxylic acids is 1. The number of rotatable bonds is 5.